The first-order valence-corrected chi connectivity index (χ1v) is 6.83. The lowest BCUT2D eigenvalue weighted by molar-refractivity contribution is 1.18. The highest BCUT2D eigenvalue weighted by molar-refractivity contribution is 9.10. The van der Waals surface area contributed by atoms with E-state index in [0.29, 0.717) is 0 Å². The van der Waals surface area contributed by atoms with Crippen molar-refractivity contribution in [3.8, 4) is 0 Å². The smallest absolute Gasteiger partial charge is 0.0210 e. The highest BCUT2D eigenvalue weighted by Gasteiger charge is 2.01. The molecule has 3 rings (SSSR count). The zero-order valence-corrected chi connectivity index (χ0v) is 11.5. The molecule has 0 radical (unpaired) electrons. The van der Waals surface area contributed by atoms with Gasteiger partial charge in [-0.3, -0.25) is 0 Å². The minimum absolute atomic E-state index is 0.965. The van der Waals surface area contributed by atoms with E-state index < -0.39 is 0 Å². The fourth-order valence-electron chi connectivity index (χ4n) is 2.21. The Labute approximate surface area is 115 Å². The number of hydrogen-bond acceptors (Lipinski definition) is 0. The van der Waals surface area contributed by atoms with Crippen LogP contribution in [0, 0.1) is 0 Å². The van der Waals surface area contributed by atoms with Gasteiger partial charge in [0.25, 0.3) is 0 Å². The van der Waals surface area contributed by atoms with Crippen molar-refractivity contribution < 1.29 is 0 Å². The van der Waals surface area contributed by atoms with Gasteiger partial charge in [0.2, 0.25) is 0 Å². The summed E-state index contributed by atoms with van der Waals surface area (Å²) in [5.41, 5.74) is 2.67. The first-order chi connectivity index (χ1) is 8.83. The second kappa shape index (κ2) is 4.95. The van der Waals surface area contributed by atoms with Crippen LogP contribution in [0.25, 0.3) is 10.8 Å². The van der Waals surface area contributed by atoms with E-state index in [1.165, 1.54) is 26.4 Å². The Hall–Kier alpha value is -1.60. The first-order valence-electron chi connectivity index (χ1n) is 6.04. The number of fused-ring (bicyclic) bond motifs is 1. The lowest BCUT2D eigenvalue weighted by Gasteiger charge is -2.06. The van der Waals surface area contributed by atoms with Crippen LogP contribution in [0.5, 0.6) is 0 Å². The van der Waals surface area contributed by atoms with Crippen LogP contribution in [0.1, 0.15) is 11.1 Å². The molecule has 0 spiro atoms. The Balaban J connectivity index is 1.98. The van der Waals surface area contributed by atoms with E-state index in [1.54, 1.807) is 0 Å². The van der Waals surface area contributed by atoms with Gasteiger partial charge in [-0.1, -0.05) is 76.6 Å². The Morgan fingerprint density at radius 2 is 1.44 bits per heavy atom. The van der Waals surface area contributed by atoms with E-state index in [1.807, 2.05) is 6.07 Å². The quantitative estimate of drug-likeness (QED) is 0.610. The van der Waals surface area contributed by atoms with Crippen LogP contribution in [0.4, 0.5) is 0 Å². The molecule has 0 saturated heterocycles. The fourth-order valence-corrected chi connectivity index (χ4v) is 2.64. The number of halogens is 1. The highest BCUT2D eigenvalue weighted by Crippen LogP contribution is 2.22. The summed E-state index contributed by atoms with van der Waals surface area (Å²) in [6.07, 6.45) is 0.965. The third-order valence-electron chi connectivity index (χ3n) is 3.17. The molecule has 0 saturated carbocycles. The van der Waals surface area contributed by atoms with Gasteiger partial charge in [-0.15, -0.1) is 0 Å². The van der Waals surface area contributed by atoms with E-state index >= 15 is 0 Å². The molecule has 3 aromatic rings. The first kappa shape index (κ1) is 11.5. The summed E-state index contributed by atoms with van der Waals surface area (Å²) < 4.78 is 1.18. The number of rotatable bonds is 2. The van der Waals surface area contributed by atoms with Crippen LogP contribution in [0.15, 0.2) is 71.2 Å². The Kier molecular flexibility index (Phi) is 3.16. The molecule has 0 atom stereocenters. The van der Waals surface area contributed by atoms with Crippen LogP contribution >= 0.6 is 15.9 Å². The largest absolute Gasteiger partial charge is 0.0619 e. The molecule has 0 aliphatic rings. The molecule has 0 amide bonds. The summed E-state index contributed by atoms with van der Waals surface area (Å²) in [7, 11) is 0. The predicted octanol–water partition coefficient (Wildman–Crippen LogP) is 5.19. The molecule has 0 aliphatic heterocycles. The van der Waals surface area contributed by atoms with Gasteiger partial charge in [0.15, 0.2) is 0 Å². The van der Waals surface area contributed by atoms with Crippen molar-refractivity contribution in [3.05, 3.63) is 82.3 Å². The third kappa shape index (κ3) is 2.32. The van der Waals surface area contributed by atoms with Crippen LogP contribution < -0.4 is 0 Å². The van der Waals surface area contributed by atoms with Gasteiger partial charge in [0, 0.05) is 4.47 Å². The van der Waals surface area contributed by atoms with Gasteiger partial charge in [-0.05, 0) is 34.4 Å². The second-order valence-electron chi connectivity index (χ2n) is 4.45. The average Bonchev–Trinajstić information content (AvgIpc) is 2.41. The maximum Gasteiger partial charge on any atom is 0.0210 e. The topological polar surface area (TPSA) is 0 Å². The van der Waals surface area contributed by atoms with E-state index in [4.69, 9.17) is 0 Å². The molecule has 0 heterocycles. The molecule has 0 nitrogen and oxygen atoms in total. The average molecular weight is 297 g/mol. The van der Waals surface area contributed by atoms with E-state index in [0.717, 1.165) is 6.42 Å². The van der Waals surface area contributed by atoms with Crippen molar-refractivity contribution in [3.63, 3.8) is 0 Å². The molecule has 0 unspecified atom stereocenters. The zero-order valence-electron chi connectivity index (χ0n) is 9.94. The Morgan fingerprint density at radius 1 is 0.722 bits per heavy atom. The minimum Gasteiger partial charge on any atom is -0.0619 e. The third-order valence-corrected chi connectivity index (χ3v) is 3.94. The summed E-state index contributed by atoms with van der Waals surface area (Å²) in [6, 6.07) is 23.6. The van der Waals surface area contributed by atoms with Gasteiger partial charge in [0.1, 0.15) is 0 Å². The maximum atomic E-state index is 3.60. The predicted molar refractivity (Wildman–Crippen MR) is 80.9 cm³/mol. The fraction of sp³-hybridized carbons (Fsp3) is 0.0588. The number of hydrogen-bond donors (Lipinski definition) is 0. The van der Waals surface area contributed by atoms with Gasteiger partial charge in [0.05, 0.1) is 0 Å². The van der Waals surface area contributed by atoms with Crippen molar-refractivity contribution in [2.45, 2.75) is 6.42 Å². The van der Waals surface area contributed by atoms with Gasteiger partial charge in [-0.25, -0.2) is 0 Å². The van der Waals surface area contributed by atoms with Crippen molar-refractivity contribution in [1.29, 1.82) is 0 Å². The van der Waals surface area contributed by atoms with Crippen LogP contribution in [-0.4, -0.2) is 0 Å². The standard InChI is InChI=1S/C17H13Br/c18-17-8-4-3-7-16(17)12-13-9-10-14-5-1-2-6-15(14)11-13/h1-11H,12H2. The summed E-state index contributed by atoms with van der Waals surface area (Å²) in [5.74, 6) is 0. The lowest BCUT2D eigenvalue weighted by Crippen LogP contribution is -1.89. The molecular formula is C17H13Br. The van der Waals surface area contributed by atoms with Crippen molar-refractivity contribution >= 4 is 26.7 Å². The SMILES string of the molecule is Brc1ccccc1Cc1ccc2ccccc2c1. The van der Waals surface area contributed by atoms with Crippen molar-refractivity contribution in [2.24, 2.45) is 0 Å². The molecular weight excluding hydrogens is 284 g/mol. The summed E-state index contributed by atoms with van der Waals surface area (Å²) in [6.45, 7) is 0. The van der Waals surface area contributed by atoms with Crippen LogP contribution in [0.3, 0.4) is 0 Å². The summed E-state index contributed by atoms with van der Waals surface area (Å²) in [4.78, 5) is 0. The van der Waals surface area contributed by atoms with E-state index in [2.05, 4.69) is 76.6 Å². The molecule has 0 bridgehead atoms. The van der Waals surface area contributed by atoms with Crippen LogP contribution in [0.2, 0.25) is 0 Å². The normalized spacial score (nSPS) is 10.7. The molecule has 0 aromatic heterocycles. The highest BCUT2D eigenvalue weighted by atomic mass is 79.9. The second-order valence-corrected chi connectivity index (χ2v) is 5.30. The molecule has 3 aromatic carbocycles. The number of benzene rings is 3. The van der Waals surface area contributed by atoms with Crippen LogP contribution in [-0.2, 0) is 6.42 Å². The minimum atomic E-state index is 0.965. The zero-order chi connectivity index (χ0) is 12.4. The van der Waals surface area contributed by atoms with E-state index in [9.17, 15) is 0 Å². The molecule has 88 valence electrons. The Morgan fingerprint density at radius 3 is 2.28 bits per heavy atom. The van der Waals surface area contributed by atoms with Gasteiger partial charge in [-0.2, -0.15) is 0 Å². The summed E-state index contributed by atoms with van der Waals surface area (Å²) >= 11 is 3.60. The summed E-state index contributed by atoms with van der Waals surface area (Å²) in [5, 5.41) is 2.61. The van der Waals surface area contributed by atoms with Crippen molar-refractivity contribution in [1.82, 2.24) is 0 Å². The Bertz CT molecular complexity index is 686. The van der Waals surface area contributed by atoms with Gasteiger partial charge >= 0.3 is 0 Å². The molecule has 1 heteroatoms. The molecule has 18 heavy (non-hydrogen) atoms. The van der Waals surface area contributed by atoms with Crippen molar-refractivity contribution in [2.75, 3.05) is 0 Å². The molecule has 0 aliphatic carbocycles. The molecule has 0 N–H and O–H groups in total. The van der Waals surface area contributed by atoms with Gasteiger partial charge < -0.3 is 0 Å². The van der Waals surface area contributed by atoms with E-state index in [-0.39, 0.29) is 0 Å². The molecule has 0 fully saturated rings. The maximum absolute atomic E-state index is 3.60. The monoisotopic (exact) mass is 296 g/mol. The lowest BCUT2D eigenvalue weighted by atomic mass is 10.0.